The van der Waals surface area contributed by atoms with Crippen LogP contribution in [0.2, 0.25) is 0 Å². The van der Waals surface area contributed by atoms with E-state index in [0.717, 1.165) is 0 Å². The van der Waals surface area contributed by atoms with Crippen molar-refractivity contribution in [2.45, 2.75) is 32.3 Å². The molecule has 0 aromatic rings. The number of likely N-dealkylation sites (N-methyl/N-ethyl adjacent to an activating group) is 1. The third-order valence-electron chi connectivity index (χ3n) is 2.16. The second-order valence-corrected chi connectivity index (χ2v) is 4.87. The van der Waals surface area contributed by atoms with E-state index in [0.29, 0.717) is 13.0 Å². The van der Waals surface area contributed by atoms with Gasteiger partial charge in [-0.05, 0) is 20.3 Å². The van der Waals surface area contributed by atoms with E-state index in [-0.39, 0.29) is 19.0 Å². The van der Waals surface area contributed by atoms with Crippen LogP contribution in [0.1, 0.15) is 26.7 Å². The molecule has 0 radical (unpaired) electrons. The van der Waals surface area contributed by atoms with Crippen molar-refractivity contribution in [3.63, 3.8) is 0 Å². The lowest BCUT2D eigenvalue weighted by molar-refractivity contribution is -0.137. The number of carbonyl (C=O) groups is 2. The molecule has 0 aliphatic rings. The fourth-order valence-corrected chi connectivity index (χ4v) is 1.50. The minimum atomic E-state index is -0.938. The van der Waals surface area contributed by atoms with Crippen molar-refractivity contribution >= 4 is 12.0 Å². The highest BCUT2D eigenvalue weighted by atomic mass is 16.4. The Morgan fingerprint density at radius 2 is 1.71 bits per heavy atom. The summed E-state index contributed by atoms with van der Waals surface area (Å²) in [5.74, 6) is -0.865. The van der Waals surface area contributed by atoms with Crippen molar-refractivity contribution in [1.29, 1.82) is 0 Å². The van der Waals surface area contributed by atoms with E-state index in [2.05, 4.69) is 0 Å². The maximum atomic E-state index is 11.8. The third kappa shape index (κ3) is 7.57. The molecule has 0 spiro atoms. The van der Waals surface area contributed by atoms with Gasteiger partial charge in [-0.3, -0.25) is 4.79 Å². The molecule has 0 aromatic carbocycles. The maximum absolute atomic E-state index is 11.8. The van der Waals surface area contributed by atoms with Crippen molar-refractivity contribution in [3.05, 3.63) is 0 Å². The van der Waals surface area contributed by atoms with Gasteiger partial charge in [-0.25, -0.2) is 4.79 Å². The number of urea groups is 1. The SMILES string of the molecule is CN(CCCC(=O)O)C(=O)N(C)CC(C)(C)O. The molecular formula is C11H22N2O4. The predicted molar refractivity (Wildman–Crippen MR) is 63.8 cm³/mol. The molecule has 17 heavy (non-hydrogen) atoms. The van der Waals surface area contributed by atoms with Gasteiger partial charge < -0.3 is 20.0 Å². The minimum absolute atomic E-state index is 0.0484. The van der Waals surface area contributed by atoms with E-state index in [1.165, 1.54) is 9.80 Å². The summed E-state index contributed by atoms with van der Waals surface area (Å²) < 4.78 is 0. The standard InChI is InChI=1S/C11H22N2O4/c1-11(2,17)8-13(4)10(16)12(3)7-5-6-9(14)15/h17H,5-8H2,1-4H3,(H,14,15). The van der Waals surface area contributed by atoms with Gasteiger partial charge in [0, 0.05) is 27.1 Å². The number of aliphatic carboxylic acids is 1. The maximum Gasteiger partial charge on any atom is 0.319 e. The Labute approximate surface area is 102 Å². The number of carbonyl (C=O) groups excluding carboxylic acids is 1. The van der Waals surface area contributed by atoms with Crippen LogP contribution in [0.5, 0.6) is 0 Å². The molecule has 0 heterocycles. The molecule has 6 nitrogen and oxygen atoms in total. The van der Waals surface area contributed by atoms with Crippen molar-refractivity contribution in [3.8, 4) is 0 Å². The van der Waals surface area contributed by atoms with Gasteiger partial charge >= 0.3 is 12.0 Å². The van der Waals surface area contributed by atoms with Crippen LogP contribution in [0.4, 0.5) is 4.79 Å². The summed E-state index contributed by atoms with van der Waals surface area (Å²) >= 11 is 0. The van der Waals surface area contributed by atoms with Crippen molar-refractivity contribution in [1.82, 2.24) is 9.80 Å². The summed E-state index contributed by atoms with van der Waals surface area (Å²) in [7, 11) is 3.22. The van der Waals surface area contributed by atoms with Crippen LogP contribution in [-0.2, 0) is 4.79 Å². The highest BCUT2D eigenvalue weighted by Crippen LogP contribution is 2.05. The van der Waals surface area contributed by atoms with Crippen molar-refractivity contribution in [2.24, 2.45) is 0 Å². The topological polar surface area (TPSA) is 81.1 Å². The number of aliphatic hydroxyl groups is 1. The molecule has 0 aromatic heterocycles. The summed E-state index contributed by atoms with van der Waals surface area (Å²) in [5.41, 5.74) is -0.938. The fourth-order valence-electron chi connectivity index (χ4n) is 1.50. The van der Waals surface area contributed by atoms with Crippen LogP contribution >= 0.6 is 0 Å². The molecule has 2 N–H and O–H groups in total. The van der Waals surface area contributed by atoms with E-state index in [1.807, 2.05) is 0 Å². The first-order valence-corrected chi connectivity index (χ1v) is 5.54. The quantitative estimate of drug-likeness (QED) is 0.719. The van der Waals surface area contributed by atoms with Gasteiger partial charge in [0.25, 0.3) is 0 Å². The summed E-state index contributed by atoms with van der Waals surface area (Å²) in [6.07, 6.45) is 0.473. The van der Waals surface area contributed by atoms with Gasteiger partial charge in [0.2, 0.25) is 0 Å². The number of carboxylic acid groups (broad SMARTS) is 1. The monoisotopic (exact) mass is 246 g/mol. The Balaban J connectivity index is 4.07. The van der Waals surface area contributed by atoms with Gasteiger partial charge in [-0.2, -0.15) is 0 Å². The van der Waals surface area contributed by atoms with Gasteiger partial charge in [0.15, 0.2) is 0 Å². The van der Waals surface area contributed by atoms with E-state index < -0.39 is 11.6 Å². The molecule has 0 aliphatic carbocycles. The average molecular weight is 246 g/mol. The Bertz CT molecular complexity index is 273. The van der Waals surface area contributed by atoms with Gasteiger partial charge in [0.1, 0.15) is 0 Å². The molecule has 0 rings (SSSR count). The summed E-state index contributed by atoms with van der Waals surface area (Å²) in [6, 6.07) is -0.225. The number of carboxylic acids is 1. The molecule has 0 unspecified atom stereocenters. The summed E-state index contributed by atoms with van der Waals surface area (Å²) in [6.45, 7) is 3.87. The second-order valence-electron chi connectivity index (χ2n) is 4.87. The summed E-state index contributed by atoms with van der Waals surface area (Å²) in [5, 5.41) is 18.1. The molecule has 0 aliphatic heterocycles. The third-order valence-corrected chi connectivity index (χ3v) is 2.16. The van der Waals surface area contributed by atoms with E-state index >= 15 is 0 Å². The Morgan fingerprint density at radius 3 is 2.12 bits per heavy atom. The smallest absolute Gasteiger partial charge is 0.319 e. The first-order valence-electron chi connectivity index (χ1n) is 5.54. The zero-order valence-electron chi connectivity index (χ0n) is 10.9. The van der Waals surface area contributed by atoms with Crippen LogP contribution in [-0.4, -0.2) is 64.8 Å². The molecule has 6 heteroatoms. The van der Waals surface area contributed by atoms with Crippen LogP contribution in [0, 0.1) is 0 Å². The van der Waals surface area contributed by atoms with Crippen LogP contribution in [0.3, 0.4) is 0 Å². The van der Waals surface area contributed by atoms with Crippen LogP contribution in [0.25, 0.3) is 0 Å². The number of hydrogen-bond donors (Lipinski definition) is 2. The van der Waals surface area contributed by atoms with Crippen LogP contribution in [0.15, 0.2) is 0 Å². The highest BCUT2D eigenvalue weighted by Gasteiger charge is 2.21. The van der Waals surface area contributed by atoms with Crippen molar-refractivity contribution < 1.29 is 19.8 Å². The van der Waals surface area contributed by atoms with Crippen molar-refractivity contribution in [2.75, 3.05) is 27.2 Å². The lowest BCUT2D eigenvalue weighted by Gasteiger charge is -2.29. The number of nitrogens with zero attached hydrogens (tertiary/aromatic N) is 2. The normalized spacial score (nSPS) is 11.1. The zero-order chi connectivity index (χ0) is 13.6. The molecule has 0 bridgehead atoms. The first kappa shape index (κ1) is 15.7. The molecule has 2 amide bonds. The number of hydrogen-bond acceptors (Lipinski definition) is 3. The second kappa shape index (κ2) is 6.44. The number of amides is 2. The lowest BCUT2D eigenvalue weighted by atomic mass is 10.1. The van der Waals surface area contributed by atoms with Gasteiger partial charge in [0.05, 0.1) is 12.1 Å². The van der Waals surface area contributed by atoms with Crippen LogP contribution < -0.4 is 0 Å². The molecular weight excluding hydrogens is 224 g/mol. The zero-order valence-corrected chi connectivity index (χ0v) is 10.9. The Hall–Kier alpha value is -1.30. The molecule has 0 fully saturated rings. The minimum Gasteiger partial charge on any atom is -0.481 e. The number of rotatable bonds is 6. The average Bonchev–Trinajstić information content (AvgIpc) is 2.13. The predicted octanol–water partition coefficient (Wildman–Crippen LogP) is 0.606. The van der Waals surface area contributed by atoms with E-state index in [9.17, 15) is 14.7 Å². The fraction of sp³-hybridized carbons (Fsp3) is 0.818. The molecule has 0 saturated carbocycles. The van der Waals surface area contributed by atoms with Gasteiger partial charge in [-0.1, -0.05) is 0 Å². The molecule has 0 atom stereocenters. The molecule has 100 valence electrons. The van der Waals surface area contributed by atoms with Gasteiger partial charge in [-0.15, -0.1) is 0 Å². The highest BCUT2D eigenvalue weighted by molar-refractivity contribution is 5.74. The Kier molecular flexibility index (Phi) is 5.95. The van der Waals surface area contributed by atoms with E-state index in [4.69, 9.17) is 5.11 Å². The first-order chi connectivity index (χ1) is 7.63. The Morgan fingerprint density at radius 1 is 1.18 bits per heavy atom. The largest absolute Gasteiger partial charge is 0.481 e. The molecule has 0 saturated heterocycles. The summed E-state index contributed by atoms with van der Waals surface area (Å²) in [4.78, 5) is 25.0. The lowest BCUT2D eigenvalue weighted by Crippen LogP contribution is -2.45. The van der Waals surface area contributed by atoms with E-state index in [1.54, 1.807) is 27.9 Å².